The quantitative estimate of drug-likeness (QED) is 0.289. The number of aliphatic imine (C=N–C) groups is 1. The van der Waals surface area contributed by atoms with Crippen LogP contribution in [-0.4, -0.2) is 29.6 Å². The van der Waals surface area contributed by atoms with Gasteiger partial charge in [0.1, 0.15) is 6.61 Å². The van der Waals surface area contributed by atoms with Gasteiger partial charge in [0.25, 0.3) is 5.91 Å². The molecule has 0 bridgehead atoms. The van der Waals surface area contributed by atoms with Crippen molar-refractivity contribution in [1.29, 1.82) is 0 Å². The molecule has 0 saturated carbocycles. The first-order valence-corrected chi connectivity index (χ1v) is 13.0. The van der Waals surface area contributed by atoms with Crippen LogP contribution in [0.5, 0.6) is 11.5 Å². The predicted molar refractivity (Wildman–Crippen MR) is 149 cm³/mol. The minimum Gasteiger partial charge on any atom is -0.493 e. The highest BCUT2D eigenvalue weighted by molar-refractivity contribution is 8.18. The molecule has 0 unspecified atom stereocenters. The SMILES string of the molecule is CCCCN1C(=O)/C(=C\c2ccc(OCc3cccc(C)c3)c(OC)c2)SC1=Nc1ccc(C)cc1. The Kier molecular flexibility index (Phi) is 8.49. The summed E-state index contributed by atoms with van der Waals surface area (Å²) in [5.41, 5.74) is 5.19. The summed E-state index contributed by atoms with van der Waals surface area (Å²) in [6, 6.07) is 22.0. The van der Waals surface area contributed by atoms with E-state index in [1.807, 2.05) is 67.6 Å². The lowest BCUT2D eigenvalue weighted by Crippen LogP contribution is -2.30. The Hall–Kier alpha value is -3.51. The average Bonchev–Trinajstić information content (AvgIpc) is 3.16. The van der Waals surface area contributed by atoms with Crippen LogP contribution in [0.1, 0.15) is 42.0 Å². The molecule has 1 aliphatic heterocycles. The van der Waals surface area contributed by atoms with Gasteiger partial charge in [-0.1, -0.05) is 66.9 Å². The number of amides is 1. The summed E-state index contributed by atoms with van der Waals surface area (Å²) in [6.07, 6.45) is 3.83. The number of thioether (sulfide) groups is 1. The molecule has 0 aliphatic carbocycles. The number of carbonyl (C=O) groups excluding carboxylic acids is 1. The van der Waals surface area contributed by atoms with Crippen molar-refractivity contribution in [3.8, 4) is 11.5 Å². The molecule has 0 atom stereocenters. The average molecular weight is 501 g/mol. The number of hydrogen-bond donors (Lipinski definition) is 0. The minimum absolute atomic E-state index is 0.0157. The Balaban J connectivity index is 1.55. The molecule has 1 fully saturated rings. The molecular formula is C30H32N2O3S. The van der Waals surface area contributed by atoms with E-state index < -0.39 is 0 Å². The number of nitrogens with zero attached hydrogens (tertiary/aromatic N) is 2. The van der Waals surface area contributed by atoms with Gasteiger partial charge in [-0.3, -0.25) is 9.69 Å². The minimum atomic E-state index is -0.0157. The van der Waals surface area contributed by atoms with E-state index in [2.05, 4.69) is 26.0 Å². The van der Waals surface area contributed by atoms with E-state index in [-0.39, 0.29) is 5.91 Å². The van der Waals surface area contributed by atoms with Crippen molar-refractivity contribution in [2.45, 2.75) is 40.2 Å². The first kappa shape index (κ1) is 25.6. The highest BCUT2D eigenvalue weighted by Gasteiger charge is 2.33. The molecular weight excluding hydrogens is 468 g/mol. The fraction of sp³-hybridized carbons (Fsp3) is 0.267. The van der Waals surface area contributed by atoms with Gasteiger partial charge in [-0.25, -0.2) is 4.99 Å². The molecule has 3 aromatic rings. The number of methoxy groups -OCH3 is 1. The number of benzene rings is 3. The van der Waals surface area contributed by atoms with Crippen molar-refractivity contribution < 1.29 is 14.3 Å². The van der Waals surface area contributed by atoms with Gasteiger partial charge in [-0.15, -0.1) is 0 Å². The topological polar surface area (TPSA) is 51.1 Å². The first-order valence-electron chi connectivity index (χ1n) is 12.2. The van der Waals surface area contributed by atoms with Crippen molar-refractivity contribution in [3.63, 3.8) is 0 Å². The maximum atomic E-state index is 13.3. The lowest BCUT2D eigenvalue weighted by molar-refractivity contribution is -0.122. The second-order valence-corrected chi connectivity index (χ2v) is 9.85. The molecule has 1 heterocycles. The third-order valence-corrected chi connectivity index (χ3v) is 6.85. The monoisotopic (exact) mass is 500 g/mol. The Labute approximate surface area is 217 Å². The largest absolute Gasteiger partial charge is 0.493 e. The predicted octanol–water partition coefficient (Wildman–Crippen LogP) is 7.30. The highest BCUT2D eigenvalue weighted by Crippen LogP contribution is 2.36. The fourth-order valence-electron chi connectivity index (χ4n) is 3.84. The first-order chi connectivity index (χ1) is 17.5. The van der Waals surface area contributed by atoms with Crippen molar-refractivity contribution >= 4 is 34.6 Å². The summed E-state index contributed by atoms with van der Waals surface area (Å²) in [5, 5.41) is 0.716. The van der Waals surface area contributed by atoms with Gasteiger partial charge in [0.15, 0.2) is 16.7 Å². The van der Waals surface area contributed by atoms with E-state index in [1.54, 1.807) is 12.0 Å². The Morgan fingerprint density at radius 1 is 0.972 bits per heavy atom. The van der Waals surface area contributed by atoms with Crippen LogP contribution in [-0.2, 0) is 11.4 Å². The smallest absolute Gasteiger partial charge is 0.266 e. The summed E-state index contributed by atoms with van der Waals surface area (Å²) in [5.74, 6) is 1.28. The summed E-state index contributed by atoms with van der Waals surface area (Å²) in [6.45, 7) is 7.34. The summed E-state index contributed by atoms with van der Waals surface area (Å²) >= 11 is 1.41. The van der Waals surface area contributed by atoms with Crippen molar-refractivity contribution in [1.82, 2.24) is 4.90 Å². The molecule has 36 heavy (non-hydrogen) atoms. The van der Waals surface area contributed by atoms with Crippen molar-refractivity contribution in [2.75, 3.05) is 13.7 Å². The van der Waals surface area contributed by atoms with Gasteiger partial charge in [0.05, 0.1) is 17.7 Å². The Morgan fingerprint density at radius 3 is 2.50 bits per heavy atom. The lowest BCUT2D eigenvalue weighted by atomic mass is 10.1. The van der Waals surface area contributed by atoms with Gasteiger partial charge in [0, 0.05) is 6.54 Å². The van der Waals surface area contributed by atoms with E-state index in [9.17, 15) is 4.79 Å². The molecule has 1 saturated heterocycles. The molecule has 6 heteroatoms. The number of unbranched alkanes of at least 4 members (excludes halogenated alkanes) is 1. The van der Waals surface area contributed by atoms with Gasteiger partial charge in [0.2, 0.25) is 0 Å². The maximum Gasteiger partial charge on any atom is 0.266 e. The van der Waals surface area contributed by atoms with E-state index in [1.165, 1.54) is 22.9 Å². The summed E-state index contributed by atoms with van der Waals surface area (Å²) in [7, 11) is 1.63. The second kappa shape index (κ2) is 12.0. The Morgan fingerprint density at radius 2 is 1.78 bits per heavy atom. The number of rotatable bonds is 9. The van der Waals surface area contributed by atoms with E-state index in [4.69, 9.17) is 14.5 Å². The number of ether oxygens (including phenoxy) is 2. The molecule has 186 valence electrons. The zero-order valence-electron chi connectivity index (χ0n) is 21.3. The van der Waals surface area contributed by atoms with Crippen LogP contribution >= 0.6 is 11.8 Å². The normalized spacial score (nSPS) is 15.7. The molecule has 4 rings (SSSR count). The van der Waals surface area contributed by atoms with E-state index >= 15 is 0 Å². The molecule has 0 spiro atoms. The third kappa shape index (κ3) is 6.38. The Bertz CT molecular complexity index is 1280. The molecule has 0 radical (unpaired) electrons. The van der Waals surface area contributed by atoms with Crippen molar-refractivity contribution in [3.05, 3.63) is 93.9 Å². The molecule has 0 N–H and O–H groups in total. The van der Waals surface area contributed by atoms with Crippen LogP contribution in [0, 0.1) is 13.8 Å². The molecule has 3 aromatic carbocycles. The van der Waals surface area contributed by atoms with Crippen LogP contribution in [0.4, 0.5) is 5.69 Å². The van der Waals surface area contributed by atoms with Crippen LogP contribution in [0.15, 0.2) is 76.6 Å². The summed E-state index contributed by atoms with van der Waals surface area (Å²) in [4.78, 5) is 20.5. The molecule has 1 amide bonds. The lowest BCUT2D eigenvalue weighted by Gasteiger charge is -2.14. The molecule has 5 nitrogen and oxygen atoms in total. The van der Waals surface area contributed by atoms with Gasteiger partial charge in [-0.05, 0) is 73.5 Å². The maximum absolute atomic E-state index is 13.3. The fourth-order valence-corrected chi connectivity index (χ4v) is 4.87. The zero-order chi connectivity index (χ0) is 25.5. The number of hydrogen-bond acceptors (Lipinski definition) is 5. The van der Waals surface area contributed by atoms with Crippen LogP contribution in [0.2, 0.25) is 0 Å². The number of amidine groups is 1. The van der Waals surface area contributed by atoms with E-state index in [0.717, 1.165) is 29.7 Å². The van der Waals surface area contributed by atoms with Gasteiger partial charge < -0.3 is 9.47 Å². The standard InChI is InChI=1S/C30H32N2O3S/c1-5-6-16-32-29(33)28(36-30(32)31-25-13-10-21(2)11-14-25)19-23-12-15-26(27(18-23)34-4)35-20-24-9-7-8-22(3)17-24/h7-15,17-19H,5-6,16,20H2,1-4H3/b28-19+,31-30?. The molecule has 1 aliphatic rings. The number of aryl methyl sites for hydroxylation is 2. The third-order valence-electron chi connectivity index (χ3n) is 5.84. The van der Waals surface area contributed by atoms with Crippen LogP contribution in [0.3, 0.4) is 0 Å². The van der Waals surface area contributed by atoms with Crippen LogP contribution < -0.4 is 9.47 Å². The number of carbonyl (C=O) groups is 1. The van der Waals surface area contributed by atoms with Crippen molar-refractivity contribution in [2.24, 2.45) is 4.99 Å². The summed E-state index contributed by atoms with van der Waals surface area (Å²) < 4.78 is 11.6. The van der Waals surface area contributed by atoms with Crippen LogP contribution in [0.25, 0.3) is 6.08 Å². The van der Waals surface area contributed by atoms with E-state index in [0.29, 0.717) is 34.7 Å². The van der Waals surface area contributed by atoms with Gasteiger partial charge >= 0.3 is 0 Å². The highest BCUT2D eigenvalue weighted by atomic mass is 32.2. The second-order valence-electron chi connectivity index (χ2n) is 8.84. The zero-order valence-corrected chi connectivity index (χ0v) is 22.1. The van der Waals surface area contributed by atoms with Gasteiger partial charge in [-0.2, -0.15) is 0 Å². The molecule has 0 aromatic heterocycles.